The summed E-state index contributed by atoms with van der Waals surface area (Å²) in [5.41, 5.74) is 1.80. The highest BCUT2D eigenvalue weighted by atomic mass is 35.5. The highest BCUT2D eigenvalue weighted by Crippen LogP contribution is 2.25. The first-order valence-corrected chi connectivity index (χ1v) is 13.5. The van der Waals surface area contributed by atoms with Crippen molar-refractivity contribution in [2.75, 3.05) is 44.7 Å². The maximum atomic E-state index is 13.1. The third kappa shape index (κ3) is 7.38. The van der Waals surface area contributed by atoms with Crippen molar-refractivity contribution in [3.05, 3.63) is 59.3 Å². The zero-order valence-corrected chi connectivity index (χ0v) is 23.3. The van der Waals surface area contributed by atoms with Gasteiger partial charge in [-0.3, -0.25) is 9.36 Å². The monoisotopic (exact) mass is 554 g/mol. The molecular weight excluding hydrogens is 520 g/mol. The molecule has 1 fully saturated rings. The van der Waals surface area contributed by atoms with E-state index in [2.05, 4.69) is 25.5 Å². The molecule has 2 N–H and O–H groups in total. The molecule has 2 aromatic heterocycles. The molecule has 3 aromatic rings. The molecule has 1 aliphatic rings. The van der Waals surface area contributed by atoms with Gasteiger partial charge in [-0.25, -0.2) is 14.8 Å². The van der Waals surface area contributed by atoms with Gasteiger partial charge in [-0.15, -0.1) is 0 Å². The molecule has 1 unspecified atom stereocenters. The van der Waals surface area contributed by atoms with E-state index < -0.39 is 0 Å². The van der Waals surface area contributed by atoms with Crippen molar-refractivity contribution in [3.63, 3.8) is 0 Å². The Morgan fingerprint density at radius 1 is 1.15 bits per heavy atom. The number of carbonyl (C=O) groups excluding carboxylic acids is 2. The Balaban J connectivity index is 1.46. The van der Waals surface area contributed by atoms with Crippen LogP contribution in [0.3, 0.4) is 0 Å². The lowest BCUT2D eigenvalue weighted by Crippen LogP contribution is -2.58. The van der Waals surface area contributed by atoms with E-state index >= 15 is 0 Å². The van der Waals surface area contributed by atoms with Gasteiger partial charge in [0.1, 0.15) is 17.9 Å². The molecule has 1 aliphatic heterocycles. The summed E-state index contributed by atoms with van der Waals surface area (Å²) in [5.74, 6) is 1.74. The Morgan fingerprint density at radius 2 is 2.00 bits per heavy atom. The smallest absolute Gasteiger partial charge is 0.317 e. The number of aryl methyl sites for hydroxylation is 1. The first-order valence-electron chi connectivity index (χ1n) is 13.1. The summed E-state index contributed by atoms with van der Waals surface area (Å²) in [6.45, 7) is 6.47. The molecule has 4 rings (SSSR count). The summed E-state index contributed by atoms with van der Waals surface area (Å²) in [4.78, 5) is 43.1. The third-order valence-electron chi connectivity index (χ3n) is 6.53. The fraction of sp³-hybridized carbons (Fsp3) is 0.444. The maximum Gasteiger partial charge on any atom is 0.317 e. The summed E-state index contributed by atoms with van der Waals surface area (Å²) in [7, 11) is 1.57. The minimum atomic E-state index is -0.258. The van der Waals surface area contributed by atoms with E-state index in [9.17, 15) is 9.59 Å². The van der Waals surface area contributed by atoms with Crippen LogP contribution in [0.1, 0.15) is 31.0 Å². The zero-order chi connectivity index (χ0) is 27.8. The van der Waals surface area contributed by atoms with Crippen molar-refractivity contribution < 1.29 is 14.3 Å². The van der Waals surface area contributed by atoms with Crippen LogP contribution in [0.5, 0.6) is 5.75 Å². The summed E-state index contributed by atoms with van der Waals surface area (Å²) in [6, 6.07) is 7.13. The molecule has 1 atom stereocenters. The molecule has 3 heterocycles. The minimum Gasteiger partial charge on any atom is -0.495 e. The normalized spacial score (nSPS) is 15.2. The van der Waals surface area contributed by atoms with Crippen LogP contribution >= 0.6 is 11.6 Å². The number of piperazine rings is 1. The van der Waals surface area contributed by atoms with Gasteiger partial charge < -0.3 is 25.2 Å². The van der Waals surface area contributed by atoms with Gasteiger partial charge in [0.2, 0.25) is 11.9 Å². The number of nitrogens with one attached hydrogen (secondary N) is 2. The second-order valence-electron chi connectivity index (χ2n) is 9.44. The number of rotatable bonds is 10. The molecule has 1 aromatic carbocycles. The van der Waals surface area contributed by atoms with Crippen LogP contribution in [0.2, 0.25) is 5.02 Å². The van der Waals surface area contributed by atoms with E-state index in [1.165, 1.54) is 0 Å². The summed E-state index contributed by atoms with van der Waals surface area (Å²) in [5, 5.41) is 6.50. The first-order chi connectivity index (χ1) is 18.9. The Morgan fingerprint density at radius 3 is 2.72 bits per heavy atom. The predicted octanol–water partition coefficient (Wildman–Crippen LogP) is 2.99. The number of benzene rings is 1. The molecule has 0 bridgehead atoms. The van der Waals surface area contributed by atoms with Crippen LogP contribution in [0.25, 0.3) is 5.95 Å². The van der Waals surface area contributed by atoms with Crippen LogP contribution in [0.4, 0.5) is 10.6 Å². The summed E-state index contributed by atoms with van der Waals surface area (Å²) in [6.07, 6.45) is 6.81. The Hall–Kier alpha value is -3.86. The van der Waals surface area contributed by atoms with Crippen molar-refractivity contribution >= 4 is 29.4 Å². The largest absolute Gasteiger partial charge is 0.495 e. The molecule has 0 radical (unpaired) electrons. The maximum absolute atomic E-state index is 13.1. The lowest BCUT2D eigenvalue weighted by Gasteiger charge is -2.42. The number of aromatic nitrogens is 4. The highest BCUT2D eigenvalue weighted by molar-refractivity contribution is 6.32. The number of ether oxygens (including phenoxy) is 1. The van der Waals surface area contributed by atoms with Gasteiger partial charge in [-0.05, 0) is 37.5 Å². The SMILES string of the molecule is CCCNC(=O)N1CCN(c2cc(C)nc(-n3ccnc3)n2)C(CC(=O)NCCc2ccc(OC)c(Cl)c2)C1. The average Bonchev–Trinajstić information content (AvgIpc) is 3.47. The van der Waals surface area contributed by atoms with Gasteiger partial charge in [0, 0.05) is 63.3 Å². The van der Waals surface area contributed by atoms with E-state index in [0.29, 0.717) is 61.7 Å². The molecule has 1 saturated heterocycles. The predicted molar refractivity (Wildman–Crippen MR) is 150 cm³/mol. The van der Waals surface area contributed by atoms with Gasteiger partial charge in [0.15, 0.2) is 0 Å². The fourth-order valence-electron chi connectivity index (χ4n) is 4.53. The molecule has 39 heavy (non-hydrogen) atoms. The fourth-order valence-corrected chi connectivity index (χ4v) is 4.81. The van der Waals surface area contributed by atoms with E-state index in [-0.39, 0.29) is 24.4 Å². The lowest BCUT2D eigenvalue weighted by molar-refractivity contribution is -0.121. The zero-order valence-electron chi connectivity index (χ0n) is 22.6. The van der Waals surface area contributed by atoms with E-state index in [1.54, 1.807) is 35.3 Å². The van der Waals surface area contributed by atoms with E-state index in [1.807, 2.05) is 38.1 Å². The molecule has 208 valence electrons. The van der Waals surface area contributed by atoms with Crippen molar-refractivity contribution in [3.8, 4) is 11.7 Å². The molecule has 12 heteroatoms. The van der Waals surface area contributed by atoms with Gasteiger partial charge in [0.25, 0.3) is 0 Å². The first kappa shape index (κ1) is 28.2. The number of imidazole rings is 1. The van der Waals surface area contributed by atoms with Gasteiger partial charge >= 0.3 is 6.03 Å². The summed E-state index contributed by atoms with van der Waals surface area (Å²) < 4.78 is 6.95. The number of methoxy groups -OCH3 is 1. The topological polar surface area (TPSA) is 118 Å². The van der Waals surface area contributed by atoms with Crippen LogP contribution in [0, 0.1) is 6.92 Å². The Labute approximate surface area is 233 Å². The molecule has 0 saturated carbocycles. The standard InChI is InChI=1S/C27H35ClN8O3/c1-4-8-31-27(38)34-12-13-36(24-14-19(2)32-26(33-24)35-11-10-29-18-35)21(17-34)16-25(37)30-9-7-20-5-6-23(39-3)22(28)15-20/h5-6,10-11,14-15,18,21H,4,7-9,12-13,16-17H2,1-3H3,(H,30,37)(H,31,38). The Bertz CT molecular complexity index is 1270. The van der Waals surface area contributed by atoms with E-state index in [4.69, 9.17) is 21.3 Å². The van der Waals surface area contributed by atoms with Crippen molar-refractivity contribution in [1.82, 2.24) is 35.1 Å². The van der Waals surface area contributed by atoms with E-state index in [0.717, 1.165) is 17.7 Å². The van der Waals surface area contributed by atoms with Crippen LogP contribution < -0.4 is 20.3 Å². The number of carbonyl (C=O) groups is 2. The molecular formula is C27H35ClN8O3. The number of anilines is 1. The summed E-state index contributed by atoms with van der Waals surface area (Å²) >= 11 is 6.23. The molecule has 3 amide bonds. The second kappa shape index (κ2) is 13.3. The van der Waals surface area contributed by atoms with Crippen molar-refractivity contribution in [1.29, 1.82) is 0 Å². The number of urea groups is 1. The number of halogens is 1. The van der Waals surface area contributed by atoms with Gasteiger partial charge in [-0.1, -0.05) is 24.6 Å². The van der Waals surface area contributed by atoms with Crippen LogP contribution in [-0.4, -0.2) is 82.2 Å². The molecule has 0 aliphatic carbocycles. The third-order valence-corrected chi connectivity index (χ3v) is 6.82. The molecule has 0 spiro atoms. The average molecular weight is 555 g/mol. The lowest BCUT2D eigenvalue weighted by atomic mass is 10.1. The number of hydrogen-bond donors (Lipinski definition) is 2. The van der Waals surface area contributed by atoms with Crippen LogP contribution in [-0.2, 0) is 11.2 Å². The highest BCUT2D eigenvalue weighted by Gasteiger charge is 2.32. The minimum absolute atomic E-state index is 0.0963. The van der Waals surface area contributed by atoms with Crippen molar-refractivity contribution in [2.24, 2.45) is 0 Å². The van der Waals surface area contributed by atoms with Gasteiger partial charge in [0.05, 0.1) is 18.2 Å². The number of nitrogens with zero attached hydrogens (tertiary/aromatic N) is 6. The van der Waals surface area contributed by atoms with Crippen LogP contribution in [0.15, 0.2) is 43.0 Å². The van der Waals surface area contributed by atoms with Crippen molar-refractivity contribution in [2.45, 2.75) is 39.2 Å². The Kier molecular flexibility index (Phi) is 9.59. The molecule has 11 nitrogen and oxygen atoms in total. The number of amides is 3. The van der Waals surface area contributed by atoms with Gasteiger partial charge in [-0.2, -0.15) is 4.98 Å². The quantitative estimate of drug-likeness (QED) is 0.395. The second-order valence-corrected chi connectivity index (χ2v) is 9.84. The number of hydrogen-bond acceptors (Lipinski definition) is 7.